The van der Waals surface area contributed by atoms with Crippen molar-refractivity contribution >= 4 is 27.1 Å². The van der Waals surface area contributed by atoms with Crippen LogP contribution in [0.1, 0.15) is 18.4 Å². The Morgan fingerprint density at radius 3 is 2.47 bits per heavy atom. The summed E-state index contributed by atoms with van der Waals surface area (Å²) in [7, 11) is -3.54. The van der Waals surface area contributed by atoms with Crippen molar-refractivity contribution in [1.82, 2.24) is 4.31 Å². The molecule has 1 unspecified atom stereocenters. The van der Waals surface area contributed by atoms with Crippen LogP contribution < -0.4 is 10.2 Å². The van der Waals surface area contributed by atoms with Gasteiger partial charge < -0.3 is 15.0 Å². The van der Waals surface area contributed by atoms with Crippen molar-refractivity contribution in [2.75, 3.05) is 49.5 Å². The van der Waals surface area contributed by atoms with Crippen molar-refractivity contribution in [1.29, 1.82) is 0 Å². The Morgan fingerprint density at radius 2 is 1.84 bits per heavy atom. The van der Waals surface area contributed by atoms with E-state index in [1.807, 2.05) is 6.92 Å². The Bertz CT molecular complexity index is 1060. The van der Waals surface area contributed by atoms with Crippen LogP contribution in [0.4, 0.5) is 17.1 Å². The lowest BCUT2D eigenvalue weighted by molar-refractivity contribution is -0.383. The lowest BCUT2D eigenvalue weighted by atomic mass is 10.2. The summed E-state index contributed by atoms with van der Waals surface area (Å²) in [6.07, 6.45) is 2.01. The number of rotatable bonds is 7. The molecule has 4 rings (SSSR count). The van der Waals surface area contributed by atoms with E-state index in [9.17, 15) is 18.5 Å². The number of nitrogens with one attached hydrogen (secondary N) is 1. The third kappa shape index (κ3) is 4.87. The van der Waals surface area contributed by atoms with Gasteiger partial charge in [-0.1, -0.05) is 17.7 Å². The van der Waals surface area contributed by atoms with Crippen molar-refractivity contribution in [3.63, 3.8) is 0 Å². The standard InChI is InChI=1S/C22H28N4O5S/c1-17-4-7-20(8-5-17)32(29,30)25-12-10-24(11-13-25)18-6-9-22(26(27)28)21(15-18)23-16-19-3-2-14-31-19/h4-9,15,19,23H,2-3,10-14,16H2,1H3. The zero-order chi connectivity index (χ0) is 22.7. The summed E-state index contributed by atoms with van der Waals surface area (Å²) in [5, 5.41) is 14.6. The summed E-state index contributed by atoms with van der Waals surface area (Å²) in [6.45, 7) is 4.89. The Hall–Kier alpha value is -2.69. The highest BCUT2D eigenvalue weighted by Crippen LogP contribution is 2.31. The first-order valence-corrected chi connectivity index (χ1v) is 12.2. The van der Waals surface area contributed by atoms with Gasteiger partial charge in [0.05, 0.1) is 15.9 Å². The molecule has 32 heavy (non-hydrogen) atoms. The molecule has 2 fully saturated rings. The number of ether oxygens (including phenoxy) is 1. The van der Waals surface area contributed by atoms with E-state index in [4.69, 9.17) is 4.74 Å². The van der Waals surface area contributed by atoms with E-state index in [1.165, 1.54) is 10.4 Å². The number of aryl methyl sites for hydroxylation is 1. The Labute approximate surface area is 188 Å². The van der Waals surface area contributed by atoms with E-state index in [-0.39, 0.29) is 11.8 Å². The maximum absolute atomic E-state index is 12.9. The number of benzene rings is 2. The minimum absolute atomic E-state index is 0.0207. The minimum Gasteiger partial charge on any atom is -0.377 e. The molecule has 0 aliphatic carbocycles. The first-order valence-electron chi connectivity index (χ1n) is 10.8. The largest absolute Gasteiger partial charge is 0.377 e. The monoisotopic (exact) mass is 460 g/mol. The molecule has 2 aromatic carbocycles. The molecular weight excluding hydrogens is 432 g/mol. The van der Waals surface area contributed by atoms with E-state index >= 15 is 0 Å². The predicted molar refractivity (Wildman–Crippen MR) is 123 cm³/mol. The molecule has 0 saturated carbocycles. The van der Waals surface area contributed by atoms with Crippen LogP contribution in [-0.4, -0.2) is 63.1 Å². The van der Waals surface area contributed by atoms with Gasteiger partial charge in [-0.15, -0.1) is 0 Å². The maximum atomic E-state index is 12.9. The van der Waals surface area contributed by atoms with E-state index < -0.39 is 14.9 Å². The molecule has 0 aromatic heterocycles. The Morgan fingerprint density at radius 1 is 1.12 bits per heavy atom. The molecule has 2 aliphatic rings. The summed E-state index contributed by atoms with van der Waals surface area (Å²) in [6, 6.07) is 11.9. The van der Waals surface area contributed by atoms with Gasteiger partial charge in [0.25, 0.3) is 5.69 Å². The Kier molecular flexibility index (Phi) is 6.63. The van der Waals surface area contributed by atoms with E-state index in [1.54, 1.807) is 36.4 Å². The molecule has 2 heterocycles. The van der Waals surface area contributed by atoms with Crippen molar-refractivity contribution in [2.45, 2.75) is 30.8 Å². The molecule has 2 aliphatic heterocycles. The number of hydrogen-bond acceptors (Lipinski definition) is 7. The topological polar surface area (TPSA) is 105 Å². The first kappa shape index (κ1) is 22.5. The van der Waals surface area contributed by atoms with Gasteiger partial charge in [0, 0.05) is 51.1 Å². The third-order valence-electron chi connectivity index (χ3n) is 5.98. The highest BCUT2D eigenvalue weighted by molar-refractivity contribution is 7.89. The van der Waals surface area contributed by atoms with Gasteiger partial charge in [-0.3, -0.25) is 10.1 Å². The molecular formula is C22H28N4O5S. The summed E-state index contributed by atoms with van der Waals surface area (Å²) in [4.78, 5) is 13.4. The fourth-order valence-corrected chi connectivity index (χ4v) is 5.52. The summed E-state index contributed by atoms with van der Waals surface area (Å²) < 4.78 is 33.0. The van der Waals surface area contributed by atoms with E-state index in [0.717, 1.165) is 30.7 Å². The van der Waals surface area contributed by atoms with Crippen LogP contribution in [0.3, 0.4) is 0 Å². The van der Waals surface area contributed by atoms with Crippen LogP contribution in [0.2, 0.25) is 0 Å². The first-order chi connectivity index (χ1) is 15.3. The van der Waals surface area contributed by atoms with Crippen LogP contribution >= 0.6 is 0 Å². The van der Waals surface area contributed by atoms with Gasteiger partial charge in [0.1, 0.15) is 5.69 Å². The summed E-state index contributed by atoms with van der Waals surface area (Å²) >= 11 is 0. The van der Waals surface area contributed by atoms with Crippen molar-refractivity contribution in [2.24, 2.45) is 0 Å². The van der Waals surface area contributed by atoms with E-state index in [2.05, 4.69) is 10.2 Å². The SMILES string of the molecule is Cc1ccc(S(=O)(=O)N2CCN(c3ccc([N+](=O)[O-])c(NCC4CCCO4)c3)CC2)cc1. The zero-order valence-corrected chi connectivity index (χ0v) is 18.9. The number of sulfonamides is 1. The van der Waals surface area contributed by atoms with Gasteiger partial charge in [0.2, 0.25) is 10.0 Å². The molecule has 9 nitrogen and oxygen atoms in total. The molecule has 1 N–H and O–H groups in total. The molecule has 172 valence electrons. The van der Waals surface area contributed by atoms with Crippen LogP contribution in [0.15, 0.2) is 47.4 Å². The predicted octanol–water partition coefficient (Wildman–Crippen LogP) is 3.01. The highest BCUT2D eigenvalue weighted by Gasteiger charge is 2.29. The summed E-state index contributed by atoms with van der Waals surface area (Å²) in [5.74, 6) is 0. The summed E-state index contributed by atoms with van der Waals surface area (Å²) in [5.41, 5.74) is 2.32. The molecule has 0 radical (unpaired) electrons. The molecule has 0 bridgehead atoms. The fourth-order valence-electron chi connectivity index (χ4n) is 4.10. The van der Waals surface area contributed by atoms with Gasteiger partial charge in [0.15, 0.2) is 0 Å². The van der Waals surface area contributed by atoms with Crippen LogP contribution in [0.5, 0.6) is 0 Å². The van der Waals surface area contributed by atoms with Crippen LogP contribution in [-0.2, 0) is 14.8 Å². The number of piperazine rings is 1. The van der Waals surface area contributed by atoms with Gasteiger partial charge in [-0.05, 0) is 44.0 Å². The number of anilines is 2. The molecule has 2 saturated heterocycles. The number of nitrogens with zero attached hydrogens (tertiary/aromatic N) is 3. The molecule has 10 heteroatoms. The zero-order valence-electron chi connectivity index (χ0n) is 18.1. The number of nitro benzene ring substituents is 1. The smallest absolute Gasteiger partial charge is 0.292 e. The maximum Gasteiger partial charge on any atom is 0.292 e. The molecule has 0 spiro atoms. The highest BCUT2D eigenvalue weighted by atomic mass is 32.2. The Balaban J connectivity index is 1.45. The lowest BCUT2D eigenvalue weighted by Crippen LogP contribution is -2.48. The average molecular weight is 461 g/mol. The lowest BCUT2D eigenvalue weighted by Gasteiger charge is -2.35. The van der Waals surface area contributed by atoms with Crippen molar-refractivity contribution < 1.29 is 18.1 Å². The second kappa shape index (κ2) is 9.43. The number of hydrogen-bond donors (Lipinski definition) is 1. The quantitative estimate of drug-likeness (QED) is 0.500. The number of nitro groups is 1. The van der Waals surface area contributed by atoms with E-state index in [0.29, 0.717) is 43.3 Å². The van der Waals surface area contributed by atoms with Gasteiger partial charge in [-0.25, -0.2) is 8.42 Å². The fraction of sp³-hybridized carbons (Fsp3) is 0.455. The average Bonchev–Trinajstić information content (AvgIpc) is 3.31. The second-order valence-corrected chi connectivity index (χ2v) is 10.1. The van der Waals surface area contributed by atoms with Crippen molar-refractivity contribution in [3.8, 4) is 0 Å². The molecule has 2 aromatic rings. The van der Waals surface area contributed by atoms with Gasteiger partial charge in [-0.2, -0.15) is 4.31 Å². The van der Waals surface area contributed by atoms with Crippen molar-refractivity contribution in [3.05, 3.63) is 58.1 Å². The molecule has 1 atom stereocenters. The second-order valence-electron chi connectivity index (χ2n) is 8.18. The third-order valence-corrected chi connectivity index (χ3v) is 7.90. The van der Waals surface area contributed by atoms with Crippen LogP contribution in [0.25, 0.3) is 0 Å². The minimum atomic E-state index is -3.54. The molecule has 0 amide bonds. The normalized spacial score (nSPS) is 19.8. The van der Waals surface area contributed by atoms with Crippen LogP contribution in [0, 0.1) is 17.0 Å². The van der Waals surface area contributed by atoms with Gasteiger partial charge >= 0.3 is 0 Å².